The molecule has 2 aliphatic rings. The van der Waals surface area contributed by atoms with Crippen LogP contribution in [0.3, 0.4) is 0 Å². The molecule has 0 aliphatic carbocycles. The van der Waals surface area contributed by atoms with Gasteiger partial charge in [-0.2, -0.15) is 4.98 Å². The molecule has 114 valence electrons. The van der Waals surface area contributed by atoms with Gasteiger partial charge in [0.15, 0.2) is 0 Å². The second-order valence-electron chi connectivity index (χ2n) is 5.38. The summed E-state index contributed by atoms with van der Waals surface area (Å²) in [4.78, 5) is 29.6. The van der Waals surface area contributed by atoms with Gasteiger partial charge in [0.2, 0.25) is 11.8 Å². The number of hydrogen-bond acceptors (Lipinski definition) is 6. The summed E-state index contributed by atoms with van der Waals surface area (Å²) < 4.78 is 5.10. The van der Waals surface area contributed by atoms with E-state index in [0.29, 0.717) is 5.89 Å². The van der Waals surface area contributed by atoms with Crippen molar-refractivity contribution in [2.45, 2.75) is 31.7 Å². The van der Waals surface area contributed by atoms with Crippen LogP contribution in [0.25, 0.3) is 0 Å². The Kier molecular flexibility index (Phi) is 4.14. The predicted octanol–water partition coefficient (Wildman–Crippen LogP) is -0.154. The fourth-order valence-electron chi connectivity index (χ4n) is 2.68. The Hall–Kier alpha value is -1.96. The van der Waals surface area contributed by atoms with Crippen LogP contribution in [0, 0.1) is 0 Å². The lowest BCUT2D eigenvalue weighted by Crippen LogP contribution is -2.38. The maximum absolute atomic E-state index is 11.9. The van der Waals surface area contributed by atoms with Crippen LogP contribution in [-0.4, -0.2) is 53.0 Å². The fourth-order valence-corrected chi connectivity index (χ4v) is 2.68. The van der Waals surface area contributed by atoms with E-state index in [1.807, 2.05) is 0 Å². The van der Waals surface area contributed by atoms with Gasteiger partial charge in [-0.3, -0.25) is 9.59 Å². The van der Waals surface area contributed by atoms with Gasteiger partial charge in [-0.1, -0.05) is 5.16 Å². The number of nitrogens with zero attached hydrogens (tertiary/aromatic N) is 3. The summed E-state index contributed by atoms with van der Waals surface area (Å²) in [5, 5.41) is 9.44. The maximum atomic E-state index is 11.9. The van der Waals surface area contributed by atoms with Gasteiger partial charge in [-0.25, -0.2) is 0 Å². The normalized spacial score (nSPS) is 21.7. The third-order valence-electron chi connectivity index (χ3n) is 3.86. The third-order valence-corrected chi connectivity index (χ3v) is 3.86. The molecule has 0 radical (unpaired) electrons. The molecule has 2 amide bonds. The van der Waals surface area contributed by atoms with Crippen molar-refractivity contribution >= 4 is 11.8 Å². The highest BCUT2D eigenvalue weighted by molar-refractivity contribution is 5.93. The molecule has 2 saturated heterocycles. The van der Waals surface area contributed by atoms with Crippen molar-refractivity contribution in [3.8, 4) is 0 Å². The van der Waals surface area contributed by atoms with E-state index < -0.39 is 5.91 Å². The van der Waals surface area contributed by atoms with E-state index in [-0.39, 0.29) is 24.3 Å². The summed E-state index contributed by atoms with van der Waals surface area (Å²) in [7, 11) is 0. The zero-order valence-electron chi connectivity index (χ0n) is 11.8. The number of amides is 2. The van der Waals surface area contributed by atoms with Crippen LogP contribution in [0.2, 0.25) is 0 Å². The second kappa shape index (κ2) is 6.21. The Morgan fingerprint density at radius 3 is 2.86 bits per heavy atom. The van der Waals surface area contributed by atoms with Crippen molar-refractivity contribution < 1.29 is 14.1 Å². The van der Waals surface area contributed by atoms with E-state index in [1.165, 1.54) is 0 Å². The highest BCUT2D eigenvalue weighted by Crippen LogP contribution is 2.20. The summed E-state index contributed by atoms with van der Waals surface area (Å²) in [5.41, 5.74) is 0. The Balaban J connectivity index is 1.51. The molecule has 0 saturated carbocycles. The fraction of sp³-hybridized carbons (Fsp3) is 0.692. The molecule has 0 spiro atoms. The SMILES string of the molecule is O=C(NCC(=O)N1CCCC1)c1noc(C2CCCN2)n1. The number of likely N-dealkylation sites (tertiary alicyclic amines) is 1. The first-order valence-corrected chi connectivity index (χ1v) is 7.37. The van der Waals surface area contributed by atoms with Gasteiger partial charge in [0.1, 0.15) is 0 Å². The minimum Gasteiger partial charge on any atom is -0.341 e. The minimum atomic E-state index is -0.476. The van der Waals surface area contributed by atoms with Gasteiger partial charge in [-0.15, -0.1) is 0 Å². The number of carbonyl (C=O) groups is 2. The van der Waals surface area contributed by atoms with E-state index in [0.717, 1.165) is 45.3 Å². The van der Waals surface area contributed by atoms with E-state index in [2.05, 4.69) is 20.8 Å². The van der Waals surface area contributed by atoms with Gasteiger partial charge in [0, 0.05) is 13.1 Å². The van der Waals surface area contributed by atoms with Crippen molar-refractivity contribution in [3.63, 3.8) is 0 Å². The molecular weight excluding hydrogens is 274 g/mol. The minimum absolute atomic E-state index is 0.0204. The molecule has 2 N–H and O–H groups in total. The zero-order chi connectivity index (χ0) is 14.7. The summed E-state index contributed by atoms with van der Waals surface area (Å²) >= 11 is 0. The Bertz CT molecular complexity index is 518. The van der Waals surface area contributed by atoms with Crippen LogP contribution in [0.1, 0.15) is 48.2 Å². The highest BCUT2D eigenvalue weighted by atomic mass is 16.5. The molecule has 1 unspecified atom stereocenters. The molecule has 1 aromatic rings. The largest absolute Gasteiger partial charge is 0.341 e. The summed E-state index contributed by atoms with van der Waals surface area (Å²) in [6, 6.07) is 0.0327. The van der Waals surface area contributed by atoms with Gasteiger partial charge in [0.05, 0.1) is 12.6 Å². The Labute approximate surface area is 122 Å². The second-order valence-corrected chi connectivity index (χ2v) is 5.38. The average Bonchev–Trinajstić information content (AvgIpc) is 3.25. The van der Waals surface area contributed by atoms with Crippen LogP contribution in [-0.2, 0) is 4.79 Å². The maximum Gasteiger partial charge on any atom is 0.293 e. The number of hydrogen-bond donors (Lipinski definition) is 2. The monoisotopic (exact) mass is 293 g/mol. The molecule has 3 rings (SSSR count). The van der Waals surface area contributed by atoms with Crippen molar-refractivity contribution in [2.24, 2.45) is 0 Å². The van der Waals surface area contributed by atoms with Gasteiger partial charge in [0.25, 0.3) is 11.7 Å². The molecule has 8 heteroatoms. The molecule has 0 bridgehead atoms. The standard InChI is InChI=1S/C13H19N5O3/c19-10(18-6-1-2-7-18)8-15-12(20)11-16-13(21-17-11)9-4-3-5-14-9/h9,14H,1-8H2,(H,15,20). The van der Waals surface area contributed by atoms with Crippen LogP contribution in [0.4, 0.5) is 0 Å². The molecule has 2 aliphatic heterocycles. The van der Waals surface area contributed by atoms with Crippen molar-refractivity contribution in [1.82, 2.24) is 25.7 Å². The number of carbonyl (C=O) groups excluding carboxylic acids is 2. The lowest BCUT2D eigenvalue weighted by Gasteiger charge is -2.14. The highest BCUT2D eigenvalue weighted by Gasteiger charge is 2.25. The first-order valence-electron chi connectivity index (χ1n) is 7.37. The van der Waals surface area contributed by atoms with Crippen molar-refractivity contribution in [3.05, 3.63) is 11.7 Å². The summed E-state index contributed by atoms with van der Waals surface area (Å²) in [5.74, 6) is -0.131. The van der Waals surface area contributed by atoms with Gasteiger partial charge in [-0.05, 0) is 32.2 Å². The smallest absolute Gasteiger partial charge is 0.293 e. The van der Waals surface area contributed by atoms with Crippen molar-refractivity contribution in [2.75, 3.05) is 26.2 Å². The molecule has 1 atom stereocenters. The first kappa shape index (κ1) is 14.0. The number of aromatic nitrogens is 2. The first-order chi connectivity index (χ1) is 10.2. The van der Waals surface area contributed by atoms with Crippen LogP contribution in [0.15, 0.2) is 4.52 Å². The van der Waals surface area contributed by atoms with E-state index >= 15 is 0 Å². The molecule has 0 aromatic carbocycles. The van der Waals surface area contributed by atoms with E-state index in [9.17, 15) is 9.59 Å². The molecule has 2 fully saturated rings. The van der Waals surface area contributed by atoms with Crippen LogP contribution in [0.5, 0.6) is 0 Å². The topological polar surface area (TPSA) is 100 Å². The van der Waals surface area contributed by atoms with Gasteiger partial charge < -0.3 is 20.1 Å². The van der Waals surface area contributed by atoms with Crippen LogP contribution < -0.4 is 10.6 Å². The van der Waals surface area contributed by atoms with Crippen molar-refractivity contribution in [1.29, 1.82) is 0 Å². The predicted molar refractivity (Wildman–Crippen MR) is 72.4 cm³/mol. The molecular formula is C13H19N5O3. The summed E-state index contributed by atoms with van der Waals surface area (Å²) in [6.45, 7) is 2.44. The van der Waals surface area contributed by atoms with E-state index in [1.54, 1.807) is 4.90 Å². The van der Waals surface area contributed by atoms with E-state index in [4.69, 9.17) is 4.52 Å². The Morgan fingerprint density at radius 2 is 2.14 bits per heavy atom. The number of nitrogens with one attached hydrogen (secondary N) is 2. The third kappa shape index (κ3) is 3.21. The Morgan fingerprint density at radius 1 is 1.33 bits per heavy atom. The van der Waals surface area contributed by atoms with Crippen LogP contribution >= 0.6 is 0 Å². The molecule has 1 aromatic heterocycles. The molecule has 3 heterocycles. The quantitative estimate of drug-likeness (QED) is 0.800. The number of rotatable bonds is 4. The molecule has 21 heavy (non-hydrogen) atoms. The van der Waals surface area contributed by atoms with Gasteiger partial charge >= 0.3 is 0 Å². The lowest BCUT2D eigenvalue weighted by molar-refractivity contribution is -0.129. The lowest BCUT2D eigenvalue weighted by atomic mass is 10.2. The summed E-state index contributed by atoms with van der Waals surface area (Å²) in [6.07, 6.45) is 4.04. The molecule has 8 nitrogen and oxygen atoms in total. The zero-order valence-corrected chi connectivity index (χ0v) is 11.8. The average molecular weight is 293 g/mol.